The van der Waals surface area contributed by atoms with E-state index in [1.165, 1.54) is 0 Å². The molecule has 1 saturated carbocycles. The molecule has 18 heavy (non-hydrogen) atoms. The minimum atomic E-state index is -1.24. The summed E-state index contributed by atoms with van der Waals surface area (Å²) >= 11 is 0. The molecule has 1 aliphatic rings. The van der Waals surface area contributed by atoms with Gasteiger partial charge in [0.1, 0.15) is 5.41 Å². The minimum Gasteiger partial charge on any atom is -0.465 e. The number of ether oxygens (including phenoxy) is 1. The Labute approximate surface area is 109 Å². The molecule has 0 aromatic carbocycles. The Morgan fingerprint density at radius 2 is 1.89 bits per heavy atom. The Morgan fingerprint density at radius 3 is 2.44 bits per heavy atom. The second-order valence-electron chi connectivity index (χ2n) is 4.80. The molecule has 98 valence electrons. The number of hydrogen-bond acceptors (Lipinski definition) is 3. The maximum Gasteiger partial charge on any atom is 0.316 e. The molecule has 3 nitrogen and oxygen atoms in total. The summed E-state index contributed by atoms with van der Waals surface area (Å²) in [6.07, 6.45) is 13.7. The summed E-state index contributed by atoms with van der Waals surface area (Å²) in [5.74, 6) is 4.55. The number of carbonyl (C=O) groups is 1. The van der Waals surface area contributed by atoms with Gasteiger partial charge in [-0.25, -0.2) is 0 Å². The zero-order chi connectivity index (χ0) is 13.6. The smallest absolute Gasteiger partial charge is 0.316 e. The molecule has 3 heteroatoms. The van der Waals surface area contributed by atoms with Crippen LogP contribution in [-0.4, -0.2) is 23.3 Å². The van der Waals surface area contributed by atoms with Gasteiger partial charge in [-0.2, -0.15) is 0 Å². The first kappa shape index (κ1) is 14.6. The maximum absolute atomic E-state index is 12.3. The van der Waals surface area contributed by atoms with Crippen LogP contribution in [-0.2, 0) is 9.53 Å². The van der Waals surface area contributed by atoms with Crippen LogP contribution in [0.2, 0.25) is 0 Å². The molecular formula is C15H20O3. The molecule has 0 unspecified atom stereocenters. The van der Waals surface area contributed by atoms with Crippen molar-refractivity contribution < 1.29 is 14.6 Å². The van der Waals surface area contributed by atoms with E-state index in [2.05, 4.69) is 11.8 Å². The molecule has 1 N–H and O–H groups in total. The number of hydrogen-bond donors (Lipinski definition) is 1. The summed E-state index contributed by atoms with van der Waals surface area (Å²) in [6.45, 7) is 2.02. The van der Waals surface area contributed by atoms with Crippen LogP contribution >= 0.6 is 0 Å². The molecular weight excluding hydrogens is 228 g/mol. The highest BCUT2D eigenvalue weighted by molar-refractivity contribution is 5.79. The molecule has 0 saturated heterocycles. The monoisotopic (exact) mass is 248 g/mol. The second-order valence-corrected chi connectivity index (χ2v) is 4.80. The third kappa shape index (κ3) is 2.37. The average Bonchev–Trinajstić information content (AvgIpc) is 2.33. The summed E-state index contributed by atoms with van der Waals surface area (Å²) < 4.78 is 5.12. The van der Waals surface area contributed by atoms with Gasteiger partial charge in [0.2, 0.25) is 0 Å². The predicted octanol–water partition coefficient (Wildman–Crippen LogP) is 1.89. The van der Waals surface area contributed by atoms with E-state index in [0.29, 0.717) is 12.8 Å². The molecule has 1 aliphatic carbocycles. The van der Waals surface area contributed by atoms with Gasteiger partial charge in [-0.05, 0) is 19.8 Å². The summed E-state index contributed by atoms with van der Waals surface area (Å²) in [5.41, 5.74) is -2.28. The van der Waals surface area contributed by atoms with Crippen LogP contribution in [0, 0.1) is 30.1 Å². The predicted molar refractivity (Wildman–Crippen MR) is 69.4 cm³/mol. The number of carbonyl (C=O) groups excluding carboxylic acids is 1. The van der Waals surface area contributed by atoms with Gasteiger partial charge >= 0.3 is 5.97 Å². The fraction of sp³-hybridized carbons (Fsp3) is 0.667. The normalized spacial score (nSPS) is 31.1. The molecule has 0 heterocycles. The quantitative estimate of drug-likeness (QED) is 0.610. The SMILES string of the molecule is C#CC[C@]1(O)CCCC[C@@]1(CC#C)C(=O)OCC. The van der Waals surface area contributed by atoms with Gasteiger partial charge in [-0.3, -0.25) is 4.79 Å². The Hall–Kier alpha value is -1.45. The summed E-state index contributed by atoms with van der Waals surface area (Å²) in [6, 6.07) is 0. The van der Waals surface area contributed by atoms with Crippen molar-refractivity contribution in [3.63, 3.8) is 0 Å². The van der Waals surface area contributed by atoms with Gasteiger partial charge in [0.05, 0.1) is 12.2 Å². The van der Waals surface area contributed by atoms with Crippen LogP contribution in [0.1, 0.15) is 45.4 Å². The van der Waals surface area contributed by atoms with Crippen LogP contribution in [0.4, 0.5) is 0 Å². The van der Waals surface area contributed by atoms with Crippen LogP contribution in [0.15, 0.2) is 0 Å². The first-order valence-electron chi connectivity index (χ1n) is 6.33. The van der Waals surface area contributed by atoms with E-state index in [-0.39, 0.29) is 19.4 Å². The van der Waals surface area contributed by atoms with Gasteiger partial charge in [-0.15, -0.1) is 24.7 Å². The van der Waals surface area contributed by atoms with E-state index < -0.39 is 17.0 Å². The fourth-order valence-corrected chi connectivity index (χ4v) is 2.80. The highest BCUT2D eigenvalue weighted by atomic mass is 16.5. The lowest BCUT2D eigenvalue weighted by molar-refractivity contribution is -0.182. The third-order valence-electron chi connectivity index (χ3n) is 3.80. The van der Waals surface area contributed by atoms with E-state index in [0.717, 1.165) is 12.8 Å². The van der Waals surface area contributed by atoms with Crippen LogP contribution in [0.5, 0.6) is 0 Å². The molecule has 1 rings (SSSR count). The maximum atomic E-state index is 12.3. The van der Waals surface area contributed by atoms with Crippen molar-refractivity contribution >= 4 is 5.97 Å². The zero-order valence-electron chi connectivity index (χ0n) is 10.9. The van der Waals surface area contributed by atoms with Crippen molar-refractivity contribution in [1.82, 2.24) is 0 Å². The van der Waals surface area contributed by atoms with E-state index in [1.54, 1.807) is 6.92 Å². The Bertz CT molecular complexity index is 388. The topological polar surface area (TPSA) is 46.5 Å². The van der Waals surface area contributed by atoms with Crippen LogP contribution in [0.3, 0.4) is 0 Å². The van der Waals surface area contributed by atoms with Crippen molar-refractivity contribution in [2.24, 2.45) is 5.41 Å². The lowest BCUT2D eigenvalue weighted by Gasteiger charge is -2.47. The van der Waals surface area contributed by atoms with Crippen LogP contribution in [0.25, 0.3) is 0 Å². The lowest BCUT2D eigenvalue weighted by Crippen LogP contribution is -2.55. The fourth-order valence-electron chi connectivity index (χ4n) is 2.80. The van der Waals surface area contributed by atoms with Gasteiger partial charge in [0.25, 0.3) is 0 Å². The summed E-state index contributed by atoms with van der Waals surface area (Å²) in [7, 11) is 0. The van der Waals surface area contributed by atoms with Gasteiger partial charge in [-0.1, -0.05) is 12.8 Å². The van der Waals surface area contributed by atoms with Gasteiger partial charge in [0.15, 0.2) is 0 Å². The molecule has 0 aliphatic heterocycles. The van der Waals surface area contributed by atoms with Crippen LogP contribution < -0.4 is 0 Å². The van der Waals surface area contributed by atoms with E-state index in [1.807, 2.05) is 0 Å². The van der Waals surface area contributed by atoms with E-state index >= 15 is 0 Å². The minimum absolute atomic E-state index is 0.132. The molecule has 2 atom stereocenters. The standard InChI is InChI=1S/C15H20O3/c1-4-9-14(13(16)18-6-3)11-7-8-12-15(14,17)10-5-2/h1-2,17H,6-12H2,3H3/t14-,15-/m0/s1. The number of aliphatic hydroxyl groups is 1. The lowest BCUT2D eigenvalue weighted by atomic mass is 9.60. The Balaban J connectivity index is 3.16. The molecule has 0 amide bonds. The molecule has 0 radical (unpaired) electrons. The van der Waals surface area contributed by atoms with E-state index in [9.17, 15) is 9.90 Å². The number of rotatable bonds is 4. The summed E-state index contributed by atoms with van der Waals surface area (Å²) in [4.78, 5) is 12.3. The number of terminal acetylenes is 2. The number of esters is 1. The van der Waals surface area contributed by atoms with Crippen molar-refractivity contribution in [3.05, 3.63) is 0 Å². The van der Waals surface area contributed by atoms with Gasteiger partial charge in [0, 0.05) is 12.8 Å². The molecule has 0 bridgehead atoms. The van der Waals surface area contributed by atoms with Crippen molar-refractivity contribution in [2.45, 2.75) is 51.0 Å². The Morgan fingerprint density at radius 1 is 1.28 bits per heavy atom. The zero-order valence-corrected chi connectivity index (χ0v) is 10.9. The average molecular weight is 248 g/mol. The molecule has 1 fully saturated rings. The molecule has 0 aromatic rings. The van der Waals surface area contributed by atoms with Crippen molar-refractivity contribution in [2.75, 3.05) is 6.61 Å². The van der Waals surface area contributed by atoms with Crippen molar-refractivity contribution in [1.29, 1.82) is 0 Å². The first-order chi connectivity index (χ1) is 8.56. The largest absolute Gasteiger partial charge is 0.465 e. The van der Waals surface area contributed by atoms with E-state index in [4.69, 9.17) is 17.6 Å². The summed E-state index contributed by atoms with van der Waals surface area (Å²) in [5, 5.41) is 10.8. The first-order valence-corrected chi connectivity index (χ1v) is 6.33. The van der Waals surface area contributed by atoms with Gasteiger partial charge < -0.3 is 9.84 Å². The Kier molecular flexibility index (Phi) is 4.82. The van der Waals surface area contributed by atoms with Crippen molar-refractivity contribution in [3.8, 4) is 24.7 Å². The second kappa shape index (κ2) is 5.94. The molecule has 0 aromatic heterocycles. The highest BCUT2D eigenvalue weighted by Gasteiger charge is 2.56. The highest BCUT2D eigenvalue weighted by Crippen LogP contribution is 2.49. The molecule has 0 spiro atoms. The third-order valence-corrected chi connectivity index (χ3v) is 3.80.